The van der Waals surface area contributed by atoms with E-state index in [9.17, 15) is 24.0 Å². The van der Waals surface area contributed by atoms with E-state index in [1.165, 1.54) is 28.1 Å². The average Bonchev–Trinajstić information content (AvgIpc) is 3.76. The predicted molar refractivity (Wildman–Crippen MR) is 267 cm³/mol. The Labute approximate surface area is 414 Å². The van der Waals surface area contributed by atoms with Crippen molar-refractivity contribution >= 4 is 57.1 Å². The monoisotopic (exact) mass is 975 g/mol. The zero-order chi connectivity index (χ0) is 50.1. The number of cyclic esters (lactones) is 1. The summed E-state index contributed by atoms with van der Waals surface area (Å²) in [6.07, 6.45) is 1.17. The quantitative estimate of drug-likeness (QED) is 0.120. The molecule has 0 spiro atoms. The molecule has 11 rings (SSSR count). The fourth-order valence-corrected chi connectivity index (χ4v) is 11.4. The van der Waals surface area contributed by atoms with Crippen molar-refractivity contribution in [3.8, 4) is 17.4 Å². The van der Waals surface area contributed by atoms with Crippen molar-refractivity contribution in [1.29, 1.82) is 0 Å². The van der Waals surface area contributed by atoms with Gasteiger partial charge >= 0.3 is 18.1 Å². The molecule has 4 aliphatic heterocycles. The van der Waals surface area contributed by atoms with Crippen molar-refractivity contribution in [1.82, 2.24) is 35.1 Å². The predicted octanol–water partition coefficient (Wildman–Crippen LogP) is 5.98. The lowest BCUT2D eigenvalue weighted by molar-refractivity contribution is -0.148. The molecule has 2 N–H and O–H groups in total. The van der Waals surface area contributed by atoms with E-state index in [0.717, 1.165) is 52.1 Å². The van der Waals surface area contributed by atoms with E-state index in [-0.39, 0.29) is 48.8 Å². The number of amides is 3. The topological polar surface area (TPSA) is 190 Å². The largest absolute Gasteiger partial charge is 0.467 e. The molecule has 6 aromatic rings. The number of aryl methyl sites for hydroxylation is 2. The minimum absolute atomic E-state index is 0.0846. The molecule has 18 heteroatoms. The van der Waals surface area contributed by atoms with Crippen LogP contribution in [0.3, 0.4) is 0 Å². The van der Waals surface area contributed by atoms with Gasteiger partial charge in [0, 0.05) is 71.9 Å². The molecule has 3 aromatic heterocycles. The number of esters is 1. The maximum atomic E-state index is 15.4. The molecule has 2 atom stereocenters. The van der Waals surface area contributed by atoms with Gasteiger partial charge in [0.05, 0.1) is 60.3 Å². The molecule has 7 heterocycles. The first kappa shape index (κ1) is 46.5. The summed E-state index contributed by atoms with van der Waals surface area (Å²) in [5, 5.41) is 8.69. The third kappa shape index (κ3) is 7.92. The molecule has 17 nitrogen and oxygen atoms in total. The summed E-state index contributed by atoms with van der Waals surface area (Å²) in [5.74, 6) is -1.43. The van der Waals surface area contributed by atoms with Crippen LogP contribution in [0.15, 0.2) is 65.5 Å². The zero-order valence-electron chi connectivity index (χ0n) is 40.7. The number of carbonyl (C=O) groups is 4. The van der Waals surface area contributed by atoms with Crippen LogP contribution >= 0.6 is 0 Å². The van der Waals surface area contributed by atoms with Crippen molar-refractivity contribution in [3.63, 3.8) is 0 Å². The minimum Gasteiger partial charge on any atom is -0.467 e. The highest BCUT2D eigenvalue weighted by Crippen LogP contribution is 2.46. The molecule has 5 aliphatic rings. The van der Waals surface area contributed by atoms with Gasteiger partial charge in [-0.25, -0.2) is 14.2 Å². The molecule has 370 valence electrons. The number of anilines is 2. The number of rotatable bonds is 10. The van der Waals surface area contributed by atoms with Crippen molar-refractivity contribution in [2.75, 3.05) is 62.8 Å². The van der Waals surface area contributed by atoms with E-state index < -0.39 is 36.3 Å². The second kappa shape index (κ2) is 18.4. The summed E-state index contributed by atoms with van der Waals surface area (Å²) < 4.78 is 33.3. The SMILES string of the molecule is C=C(COC(=O)NCC(=O)NC1CCc2c(C)c(F)cc3nc4c(c1c23)Cn1c-4cc2c(c1=O)COC(=O)C2CC)C(=O)N1CCN(c2nc(OC)nc3c2CCN(c2cccc4cccc(C)c24)C3)CC1. The smallest absolute Gasteiger partial charge is 0.407 e. The summed E-state index contributed by atoms with van der Waals surface area (Å²) >= 11 is 0. The first-order valence-electron chi connectivity index (χ1n) is 24.5. The summed E-state index contributed by atoms with van der Waals surface area (Å²) in [4.78, 5) is 87.4. The second-order valence-electron chi connectivity index (χ2n) is 19.2. The molecule has 0 radical (unpaired) electrons. The lowest BCUT2D eigenvalue weighted by Gasteiger charge is -2.38. The number of fused-ring (bicyclic) bond motifs is 7. The first-order chi connectivity index (χ1) is 34.8. The number of alkyl carbamates (subject to hydrolysis) is 1. The van der Waals surface area contributed by atoms with Gasteiger partial charge in [-0.1, -0.05) is 43.8 Å². The highest BCUT2D eigenvalue weighted by Gasteiger charge is 2.38. The number of aromatic nitrogens is 4. The number of piperazine rings is 1. The Balaban J connectivity index is 0.712. The molecule has 3 amide bonds. The molecule has 0 bridgehead atoms. The van der Waals surface area contributed by atoms with Crippen LogP contribution in [0.5, 0.6) is 6.01 Å². The number of nitrogens with zero attached hydrogens (tertiary/aromatic N) is 7. The number of methoxy groups -OCH3 is 1. The number of halogens is 1. The van der Waals surface area contributed by atoms with Crippen LogP contribution < -0.4 is 30.7 Å². The van der Waals surface area contributed by atoms with Crippen LogP contribution in [-0.2, 0) is 56.4 Å². The van der Waals surface area contributed by atoms with Gasteiger partial charge in [-0.3, -0.25) is 19.2 Å². The summed E-state index contributed by atoms with van der Waals surface area (Å²) in [5.41, 5.74) is 9.35. The van der Waals surface area contributed by atoms with Crippen LogP contribution in [0.4, 0.5) is 20.7 Å². The number of ether oxygens (including phenoxy) is 3. The Morgan fingerprint density at radius 2 is 1.69 bits per heavy atom. The normalized spacial score (nSPS) is 17.7. The first-order valence-corrected chi connectivity index (χ1v) is 24.5. The number of carbonyl (C=O) groups excluding carboxylic acids is 4. The van der Waals surface area contributed by atoms with E-state index in [4.69, 9.17) is 29.2 Å². The van der Waals surface area contributed by atoms with Crippen LogP contribution in [0.25, 0.3) is 33.1 Å². The van der Waals surface area contributed by atoms with Gasteiger partial charge in [0.15, 0.2) is 0 Å². The van der Waals surface area contributed by atoms with Crippen LogP contribution in [0.2, 0.25) is 0 Å². The van der Waals surface area contributed by atoms with E-state index in [1.807, 2.05) is 13.0 Å². The maximum Gasteiger partial charge on any atom is 0.407 e. The second-order valence-corrected chi connectivity index (χ2v) is 19.2. The Morgan fingerprint density at radius 1 is 0.903 bits per heavy atom. The van der Waals surface area contributed by atoms with Crippen molar-refractivity contribution in [3.05, 3.63) is 127 Å². The summed E-state index contributed by atoms with van der Waals surface area (Å²) in [6, 6.07) is 15.7. The fraction of sp³-hybridized carbons (Fsp3) is 0.370. The maximum absolute atomic E-state index is 15.4. The van der Waals surface area contributed by atoms with Gasteiger partial charge in [0.1, 0.15) is 31.4 Å². The third-order valence-electron chi connectivity index (χ3n) is 15.1. The molecule has 72 heavy (non-hydrogen) atoms. The van der Waals surface area contributed by atoms with Gasteiger partial charge in [-0.2, -0.15) is 9.97 Å². The van der Waals surface area contributed by atoms with Crippen molar-refractivity contribution in [2.45, 2.75) is 78.1 Å². The Hall–Kier alpha value is -7.89. The van der Waals surface area contributed by atoms with Crippen molar-refractivity contribution < 1.29 is 37.8 Å². The van der Waals surface area contributed by atoms with Gasteiger partial charge in [-0.05, 0) is 84.9 Å². The Morgan fingerprint density at radius 3 is 2.47 bits per heavy atom. The van der Waals surface area contributed by atoms with Crippen molar-refractivity contribution in [2.24, 2.45) is 0 Å². The number of benzene rings is 3. The van der Waals surface area contributed by atoms with E-state index >= 15 is 4.39 Å². The fourth-order valence-electron chi connectivity index (χ4n) is 11.4. The van der Waals surface area contributed by atoms with E-state index in [0.29, 0.717) is 85.6 Å². The van der Waals surface area contributed by atoms with E-state index in [1.54, 1.807) is 23.5 Å². The number of pyridine rings is 2. The van der Waals surface area contributed by atoms with Crippen LogP contribution in [0.1, 0.15) is 81.9 Å². The van der Waals surface area contributed by atoms with Gasteiger partial charge in [-0.15, -0.1) is 0 Å². The minimum atomic E-state index is -0.903. The molecule has 1 saturated heterocycles. The lowest BCUT2D eigenvalue weighted by atomic mass is 9.81. The molecule has 1 fully saturated rings. The van der Waals surface area contributed by atoms with Crippen LogP contribution in [-0.4, -0.2) is 101 Å². The van der Waals surface area contributed by atoms with Gasteiger partial charge in [0.2, 0.25) is 5.91 Å². The number of hydrogen-bond donors (Lipinski definition) is 2. The molecular formula is C54H54FN9O8. The molecule has 3 aromatic carbocycles. The number of nitrogens with one attached hydrogen (secondary N) is 2. The van der Waals surface area contributed by atoms with Crippen LogP contribution in [0, 0.1) is 19.7 Å². The highest BCUT2D eigenvalue weighted by atomic mass is 19.1. The molecule has 2 unspecified atom stereocenters. The van der Waals surface area contributed by atoms with E-state index in [2.05, 4.69) is 70.3 Å². The Kier molecular flexibility index (Phi) is 11.9. The average molecular weight is 976 g/mol. The third-order valence-corrected chi connectivity index (χ3v) is 15.1. The summed E-state index contributed by atoms with van der Waals surface area (Å²) in [7, 11) is 1.56. The summed E-state index contributed by atoms with van der Waals surface area (Å²) in [6.45, 7) is 12.1. The Bertz CT molecular complexity index is 3380. The zero-order valence-corrected chi connectivity index (χ0v) is 40.7. The van der Waals surface area contributed by atoms with Gasteiger partial charge < -0.3 is 44.1 Å². The highest BCUT2D eigenvalue weighted by molar-refractivity contribution is 5.98. The molecule has 1 aliphatic carbocycles. The molecular weight excluding hydrogens is 922 g/mol. The lowest BCUT2D eigenvalue weighted by Crippen LogP contribution is -2.50. The standard InChI is InChI=1S/C54H54FN9O8/c1-6-32-35-21-43-48-36(24-64(43)51(67)37(35)27-71-52(32)68)47-39(14-13-33-30(4)38(55)22-40(58-48)46(33)47)57-44(65)23-56-54(69)72-26-29(3)50(66)62-19-17-61(18-20-62)49-34-15-16-63(25-41(34)59-53(60-49)70-5)42-12-8-11-31-10-7-9-28(2)45(31)42/h7-12,21-22,32,39H,3,6,13-20,23-27H2,1-2,4-5H3,(H,56,69)(H,57,65). The van der Waals surface area contributed by atoms with Gasteiger partial charge in [0.25, 0.3) is 11.5 Å². The molecule has 0 saturated carbocycles. The number of hydrogen-bond acceptors (Lipinski definition) is 13.